The molecule has 1 fully saturated rings. The van der Waals surface area contributed by atoms with Crippen LogP contribution in [0.2, 0.25) is 0 Å². The molecule has 0 atom stereocenters. The summed E-state index contributed by atoms with van der Waals surface area (Å²) in [6.45, 7) is 4.08. The van der Waals surface area contributed by atoms with Crippen LogP contribution in [0.4, 0.5) is 4.79 Å². The van der Waals surface area contributed by atoms with Crippen molar-refractivity contribution in [3.8, 4) is 0 Å². The summed E-state index contributed by atoms with van der Waals surface area (Å²) in [6.07, 6.45) is 1.30. The highest BCUT2D eigenvalue weighted by molar-refractivity contribution is 5.67. The minimum atomic E-state index is -0.281. The Labute approximate surface area is 146 Å². The summed E-state index contributed by atoms with van der Waals surface area (Å²) in [7, 11) is 1.67. The molecule has 0 radical (unpaired) electrons. The third-order valence-electron chi connectivity index (χ3n) is 4.68. The maximum absolute atomic E-state index is 12.2. The number of hydrogen-bond acceptors (Lipinski definition) is 4. The zero-order valence-electron chi connectivity index (χ0n) is 14.7. The van der Waals surface area contributed by atoms with Crippen LogP contribution in [0.25, 0.3) is 0 Å². The van der Waals surface area contributed by atoms with Gasteiger partial charge in [-0.05, 0) is 25.3 Å². The molecule has 0 N–H and O–H groups in total. The standard InChI is InChI=1S/C18H24N4O3/c1-3-22-16(19-20(2)17(22)23)15-9-11-21(12-10-15)18(24)25-13-14-7-5-4-6-8-14/h4-8,15H,3,9-13H2,1-2H3. The van der Waals surface area contributed by atoms with E-state index in [9.17, 15) is 9.59 Å². The minimum absolute atomic E-state index is 0.0813. The smallest absolute Gasteiger partial charge is 0.410 e. The fraction of sp³-hybridized carbons (Fsp3) is 0.500. The van der Waals surface area contributed by atoms with Crippen molar-refractivity contribution in [2.75, 3.05) is 13.1 Å². The predicted octanol–water partition coefficient (Wildman–Crippen LogP) is 2.12. The molecule has 0 saturated carbocycles. The van der Waals surface area contributed by atoms with E-state index in [1.54, 1.807) is 16.5 Å². The number of nitrogens with zero attached hydrogens (tertiary/aromatic N) is 4. The lowest BCUT2D eigenvalue weighted by atomic mass is 9.96. The maximum atomic E-state index is 12.2. The lowest BCUT2D eigenvalue weighted by molar-refractivity contribution is 0.0864. The predicted molar refractivity (Wildman–Crippen MR) is 93.3 cm³/mol. The minimum Gasteiger partial charge on any atom is -0.445 e. The Bertz CT molecular complexity index is 773. The fourth-order valence-corrected chi connectivity index (χ4v) is 3.25. The number of hydrogen-bond donors (Lipinski definition) is 0. The van der Waals surface area contributed by atoms with Gasteiger partial charge in [0.05, 0.1) is 0 Å². The second-order valence-electron chi connectivity index (χ2n) is 6.31. The SMILES string of the molecule is CCn1c(C2CCN(C(=O)OCc3ccccc3)CC2)nn(C)c1=O. The number of likely N-dealkylation sites (tertiary alicyclic amines) is 1. The van der Waals surface area contributed by atoms with E-state index in [1.165, 1.54) is 4.68 Å². The van der Waals surface area contributed by atoms with Crippen LogP contribution in [0.3, 0.4) is 0 Å². The summed E-state index contributed by atoms with van der Waals surface area (Å²) in [5.41, 5.74) is 0.897. The van der Waals surface area contributed by atoms with Gasteiger partial charge >= 0.3 is 11.8 Å². The van der Waals surface area contributed by atoms with Crippen molar-refractivity contribution in [2.45, 2.75) is 38.8 Å². The van der Waals surface area contributed by atoms with Crippen molar-refractivity contribution in [2.24, 2.45) is 7.05 Å². The average Bonchev–Trinajstić information content (AvgIpc) is 2.95. The summed E-state index contributed by atoms with van der Waals surface area (Å²) in [5.74, 6) is 1.03. The van der Waals surface area contributed by atoms with Crippen LogP contribution in [0.15, 0.2) is 35.1 Å². The highest BCUT2D eigenvalue weighted by Crippen LogP contribution is 2.26. The highest BCUT2D eigenvalue weighted by atomic mass is 16.6. The van der Waals surface area contributed by atoms with Gasteiger partial charge in [-0.2, -0.15) is 5.10 Å². The monoisotopic (exact) mass is 344 g/mol. The van der Waals surface area contributed by atoms with Crippen LogP contribution in [-0.2, 0) is 24.9 Å². The molecule has 0 unspecified atom stereocenters. The average molecular weight is 344 g/mol. The number of carbonyl (C=O) groups is 1. The quantitative estimate of drug-likeness (QED) is 0.852. The summed E-state index contributed by atoms with van der Waals surface area (Å²) >= 11 is 0. The Morgan fingerprint density at radius 2 is 1.92 bits per heavy atom. The van der Waals surface area contributed by atoms with Crippen molar-refractivity contribution in [1.29, 1.82) is 0 Å². The van der Waals surface area contributed by atoms with Crippen LogP contribution in [0.1, 0.15) is 37.1 Å². The van der Waals surface area contributed by atoms with Crippen LogP contribution in [-0.4, -0.2) is 38.4 Å². The Morgan fingerprint density at radius 3 is 2.56 bits per heavy atom. The Kier molecular flexibility index (Phi) is 5.21. The third kappa shape index (κ3) is 3.75. The van der Waals surface area contributed by atoms with Gasteiger partial charge in [-0.3, -0.25) is 4.57 Å². The number of amides is 1. The normalized spacial score (nSPS) is 15.4. The molecule has 1 aromatic heterocycles. The van der Waals surface area contributed by atoms with Crippen molar-refractivity contribution < 1.29 is 9.53 Å². The number of piperidine rings is 1. The number of benzene rings is 1. The lowest BCUT2D eigenvalue weighted by Gasteiger charge is -2.30. The number of aryl methyl sites for hydroxylation is 1. The first-order valence-corrected chi connectivity index (χ1v) is 8.69. The zero-order chi connectivity index (χ0) is 17.8. The fourth-order valence-electron chi connectivity index (χ4n) is 3.25. The van der Waals surface area contributed by atoms with Gasteiger partial charge < -0.3 is 9.64 Å². The molecule has 1 aliphatic rings. The molecule has 1 aliphatic heterocycles. The molecule has 1 amide bonds. The van der Waals surface area contributed by atoms with E-state index in [0.29, 0.717) is 19.6 Å². The topological polar surface area (TPSA) is 69.4 Å². The second-order valence-corrected chi connectivity index (χ2v) is 6.31. The van der Waals surface area contributed by atoms with E-state index in [4.69, 9.17) is 4.74 Å². The molecule has 3 rings (SSSR count). The van der Waals surface area contributed by atoms with Gasteiger partial charge in [0.1, 0.15) is 12.4 Å². The van der Waals surface area contributed by atoms with E-state index in [1.807, 2.05) is 37.3 Å². The van der Waals surface area contributed by atoms with Gasteiger partial charge in [-0.15, -0.1) is 0 Å². The molecule has 0 spiro atoms. The maximum Gasteiger partial charge on any atom is 0.410 e. The lowest BCUT2D eigenvalue weighted by Crippen LogP contribution is -2.38. The molecule has 7 heteroatoms. The first-order chi connectivity index (χ1) is 12.1. The van der Waals surface area contributed by atoms with Crippen molar-refractivity contribution in [1.82, 2.24) is 19.2 Å². The summed E-state index contributed by atoms with van der Waals surface area (Å²) in [6, 6.07) is 9.66. The van der Waals surface area contributed by atoms with Crippen molar-refractivity contribution >= 4 is 6.09 Å². The largest absolute Gasteiger partial charge is 0.445 e. The molecule has 7 nitrogen and oxygen atoms in total. The van der Waals surface area contributed by atoms with Gasteiger partial charge in [-0.1, -0.05) is 30.3 Å². The third-order valence-corrected chi connectivity index (χ3v) is 4.68. The van der Waals surface area contributed by atoms with Crippen LogP contribution in [0, 0.1) is 0 Å². The molecular weight excluding hydrogens is 320 g/mol. The zero-order valence-corrected chi connectivity index (χ0v) is 14.7. The van der Waals surface area contributed by atoms with Gasteiger partial charge in [0.25, 0.3) is 0 Å². The molecule has 25 heavy (non-hydrogen) atoms. The summed E-state index contributed by atoms with van der Waals surface area (Å²) in [4.78, 5) is 26.0. The van der Waals surface area contributed by atoms with E-state index in [-0.39, 0.29) is 24.3 Å². The molecule has 134 valence electrons. The second kappa shape index (κ2) is 7.55. The van der Waals surface area contributed by atoms with Crippen LogP contribution in [0.5, 0.6) is 0 Å². The number of ether oxygens (including phenoxy) is 1. The molecule has 1 saturated heterocycles. The molecule has 0 aliphatic carbocycles. The Hall–Kier alpha value is -2.57. The summed E-state index contributed by atoms with van der Waals surface area (Å²) < 4.78 is 8.49. The number of aromatic nitrogens is 3. The van der Waals surface area contributed by atoms with E-state index in [2.05, 4.69) is 5.10 Å². The first kappa shape index (κ1) is 17.3. The van der Waals surface area contributed by atoms with Gasteiger partial charge in [0.2, 0.25) is 0 Å². The van der Waals surface area contributed by atoms with E-state index < -0.39 is 0 Å². The van der Waals surface area contributed by atoms with Gasteiger partial charge in [-0.25, -0.2) is 14.3 Å². The number of carbonyl (C=O) groups excluding carboxylic acids is 1. The van der Waals surface area contributed by atoms with Crippen LogP contribution >= 0.6 is 0 Å². The van der Waals surface area contributed by atoms with Gasteiger partial charge in [0.15, 0.2) is 0 Å². The van der Waals surface area contributed by atoms with Crippen LogP contribution < -0.4 is 5.69 Å². The van der Waals surface area contributed by atoms with Crippen molar-refractivity contribution in [3.05, 3.63) is 52.2 Å². The molecule has 2 heterocycles. The molecular formula is C18H24N4O3. The van der Waals surface area contributed by atoms with Gasteiger partial charge in [0, 0.05) is 32.6 Å². The first-order valence-electron chi connectivity index (χ1n) is 8.69. The van der Waals surface area contributed by atoms with E-state index in [0.717, 1.165) is 24.2 Å². The molecule has 0 bridgehead atoms. The Balaban J connectivity index is 1.56. The number of rotatable bonds is 4. The molecule has 1 aromatic carbocycles. The Morgan fingerprint density at radius 1 is 1.24 bits per heavy atom. The van der Waals surface area contributed by atoms with E-state index >= 15 is 0 Å². The summed E-state index contributed by atoms with van der Waals surface area (Å²) in [5, 5.41) is 4.38. The molecule has 2 aromatic rings. The van der Waals surface area contributed by atoms with Crippen molar-refractivity contribution in [3.63, 3.8) is 0 Å². The highest BCUT2D eigenvalue weighted by Gasteiger charge is 2.28.